The number of carbonyl (C=O) groups excluding carboxylic acids is 4. The molecule has 2 aromatic heterocycles. The molecule has 0 aliphatic carbocycles. The lowest BCUT2D eigenvalue weighted by atomic mass is 10.2. The first-order chi connectivity index (χ1) is 15.9. The summed E-state index contributed by atoms with van der Waals surface area (Å²) in [6, 6.07) is 4.89. The standard InChI is InChI=1S/C20H20N4O6S3/c1-3-30-18(28)12-4-5-13-14(8-12)33-20(24(13)9-17(27)29-2)23-16(26)11-31-10-15(25)22-19-21-6-7-32-19/h4-8H,3,9-11H2,1-2H3,(H,21,22,25). The van der Waals surface area contributed by atoms with Gasteiger partial charge in [0.25, 0.3) is 5.91 Å². The van der Waals surface area contributed by atoms with Gasteiger partial charge in [0.15, 0.2) is 9.93 Å². The van der Waals surface area contributed by atoms with Gasteiger partial charge >= 0.3 is 11.9 Å². The number of nitrogens with zero attached hydrogens (tertiary/aromatic N) is 3. The van der Waals surface area contributed by atoms with Gasteiger partial charge in [-0.15, -0.1) is 23.1 Å². The van der Waals surface area contributed by atoms with Crippen molar-refractivity contribution in [3.8, 4) is 0 Å². The normalized spacial score (nSPS) is 11.4. The maximum atomic E-state index is 12.4. The predicted molar refractivity (Wildman–Crippen MR) is 126 cm³/mol. The molecule has 13 heteroatoms. The van der Waals surface area contributed by atoms with Gasteiger partial charge in [-0.3, -0.25) is 14.4 Å². The lowest BCUT2D eigenvalue weighted by Gasteiger charge is -2.05. The number of thiazole rings is 2. The Bertz CT molecular complexity index is 1230. The summed E-state index contributed by atoms with van der Waals surface area (Å²) in [5, 5.41) is 4.88. The van der Waals surface area contributed by atoms with Gasteiger partial charge < -0.3 is 19.4 Å². The third-order valence-corrected chi connectivity index (χ3v) is 6.71. The molecule has 0 radical (unpaired) electrons. The highest BCUT2D eigenvalue weighted by atomic mass is 32.2. The van der Waals surface area contributed by atoms with E-state index in [4.69, 9.17) is 9.47 Å². The van der Waals surface area contributed by atoms with E-state index in [-0.39, 0.29) is 35.4 Å². The summed E-state index contributed by atoms with van der Waals surface area (Å²) >= 11 is 3.58. The molecule has 0 fully saturated rings. The molecule has 1 aromatic carbocycles. The maximum absolute atomic E-state index is 12.4. The van der Waals surface area contributed by atoms with Crippen molar-refractivity contribution in [2.75, 3.05) is 30.5 Å². The molecule has 0 saturated carbocycles. The molecule has 0 aliphatic rings. The number of aromatic nitrogens is 2. The minimum absolute atomic E-state index is 0.0220. The molecule has 0 aliphatic heterocycles. The van der Waals surface area contributed by atoms with Gasteiger partial charge in [-0.2, -0.15) is 4.99 Å². The van der Waals surface area contributed by atoms with Crippen molar-refractivity contribution in [2.45, 2.75) is 13.5 Å². The Labute approximate surface area is 200 Å². The van der Waals surface area contributed by atoms with Crippen molar-refractivity contribution < 1.29 is 28.7 Å². The minimum Gasteiger partial charge on any atom is -0.468 e. The molecule has 0 unspecified atom stereocenters. The van der Waals surface area contributed by atoms with Crippen LogP contribution in [0.4, 0.5) is 5.13 Å². The summed E-state index contributed by atoms with van der Waals surface area (Å²) < 4.78 is 12.0. The summed E-state index contributed by atoms with van der Waals surface area (Å²) in [6.45, 7) is 1.82. The highest BCUT2D eigenvalue weighted by molar-refractivity contribution is 8.00. The van der Waals surface area contributed by atoms with E-state index in [2.05, 4.69) is 15.3 Å². The van der Waals surface area contributed by atoms with Crippen LogP contribution in [0.2, 0.25) is 0 Å². The molecule has 0 saturated heterocycles. The van der Waals surface area contributed by atoms with Gasteiger partial charge in [0, 0.05) is 11.6 Å². The molecule has 3 aromatic rings. The first-order valence-corrected chi connectivity index (χ1v) is 12.5. The molecule has 33 heavy (non-hydrogen) atoms. The maximum Gasteiger partial charge on any atom is 0.338 e. The van der Waals surface area contributed by atoms with Gasteiger partial charge in [-0.1, -0.05) is 11.3 Å². The van der Waals surface area contributed by atoms with Crippen LogP contribution in [-0.4, -0.2) is 58.5 Å². The Morgan fingerprint density at radius 2 is 2.06 bits per heavy atom. The molecular weight excluding hydrogens is 488 g/mol. The molecule has 174 valence electrons. The quantitative estimate of drug-likeness (QED) is 0.436. The van der Waals surface area contributed by atoms with Gasteiger partial charge in [-0.25, -0.2) is 9.78 Å². The first-order valence-electron chi connectivity index (χ1n) is 9.63. The lowest BCUT2D eigenvalue weighted by Crippen LogP contribution is -2.23. The zero-order valence-electron chi connectivity index (χ0n) is 17.7. The van der Waals surface area contributed by atoms with Crippen molar-refractivity contribution in [1.82, 2.24) is 9.55 Å². The zero-order valence-corrected chi connectivity index (χ0v) is 20.2. The van der Waals surface area contributed by atoms with Crippen molar-refractivity contribution in [3.63, 3.8) is 0 Å². The number of rotatable bonds is 9. The van der Waals surface area contributed by atoms with Gasteiger partial charge in [0.2, 0.25) is 5.91 Å². The van der Waals surface area contributed by atoms with Crippen LogP contribution in [0.15, 0.2) is 34.8 Å². The number of nitrogens with one attached hydrogen (secondary N) is 1. The second kappa shape index (κ2) is 11.7. The number of hydrogen-bond acceptors (Lipinski definition) is 10. The number of esters is 2. The summed E-state index contributed by atoms with van der Waals surface area (Å²) in [4.78, 5) is 56.7. The van der Waals surface area contributed by atoms with E-state index in [9.17, 15) is 19.2 Å². The van der Waals surface area contributed by atoms with E-state index in [0.717, 1.165) is 23.1 Å². The van der Waals surface area contributed by atoms with Crippen LogP contribution in [-0.2, 0) is 30.4 Å². The summed E-state index contributed by atoms with van der Waals surface area (Å²) in [7, 11) is 1.27. The van der Waals surface area contributed by atoms with Crippen LogP contribution >= 0.6 is 34.4 Å². The minimum atomic E-state index is -0.508. The fourth-order valence-corrected chi connectivity index (χ4v) is 4.89. The molecule has 0 bridgehead atoms. The van der Waals surface area contributed by atoms with E-state index in [0.29, 0.717) is 20.9 Å². The number of thioether (sulfide) groups is 1. The zero-order chi connectivity index (χ0) is 23.8. The van der Waals surface area contributed by atoms with Crippen molar-refractivity contribution in [2.24, 2.45) is 4.99 Å². The van der Waals surface area contributed by atoms with Gasteiger partial charge in [0.1, 0.15) is 6.54 Å². The number of ether oxygens (including phenoxy) is 2. The van der Waals surface area contributed by atoms with Crippen LogP contribution in [0, 0.1) is 0 Å². The molecule has 2 amide bonds. The van der Waals surface area contributed by atoms with E-state index in [1.807, 2.05) is 0 Å². The van der Waals surface area contributed by atoms with E-state index in [1.54, 1.807) is 41.3 Å². The molecule has 0 atom stereocenters. The van der Waals surface area contributed by atoms with Gasteiger partial charge in [0.05, 0.1) is 41.0 Å². The molecule has 2 heterocycles. The number of carbonyl (C=O) groups is 4. The Hall–Kier alpha value is -3.03. The average Bonchev–Trinajstić information content (AvgIpc) is 3.41. The number of amides is 2. The molecule has 10 nitrogen and oxygen atoms in total. The van der Waals surface area contributed by atoms with E-state index in [1.165, 1.54) is 18.4 Å². The van der Waals surface area contributed by atoms with Crippen molar-refractivity contribution in [1.29, 1.82) is 0 Å². The summed E-state index contributed by atoms with van der Waals surface area (Å²) in [5.41, 5.74) is 0.982. The number of fused-ring (bicyclic) bond motifs is 1. The van der Waals surface area contributed by atoms with E-state index < -0.39 is 17.8 Å². The fraction of sp³-hybridized carbons (Fsp3) is 0.300. The number of benzene rings is 1. The van der Waals surface area contributed by atoms with Gasteiger partial charge in [-0.05, 0) is 25.1 Å². The third kappa shape index (κ3) is 6.73. The lowest BCUT2D eigenvalue weighted by molar-refractivity contribution is -0.141. The Kier molecular flexibility index (Phi) is 8.74. The van der Waals surface area contributed by atoms with Crippen molar-refractivity contribution in [3.05, 3.63) is 40.1 Å². The topological polar surface area (TPSA) is 129 Å². The van der Waals surface area contributed by atoms with Crippen LogP contribution in [0.1, 0.15) is 17.3 Å². The average molecular weight is 509 g/mol. The number of anilines is 1. The van der Waals surface area contributed by atoms with Crippen LogP contribution in [0.3, 0.4) is 0 Å². The molecular formula is C20H20N4O6S3. The monoisotopic (exact) mass is 508 g/mol. The summed E-state index contributed by atoms with van der Waals surface area (Å²) in [6.07, 6.45) is 1.58. The number of methoxy groups -OCH3 is 1. The number of hydrogen-bond donors (Lipinski definition) is 1. The smallest absolute Gasteiger partial charge is 0.338 e. The Morgan fingerprint density at radius 3 is 2.76 bits per heavy atom. The summed E-state index contributed by atoms with van der Waals surface area (Å²) in [5.74, 6) is -1.65. The van der Waals surface area contributed by atoms with Crippen LogP contribution in [0.5, 0.6) is 0 Å². The first kappa shape index (κ1) is 24.6. The van der Waals surface area contributed by atoms with E-state index >= 15 is 0 Å². The van der Waals surface area contributed by atoms with Crippen molar-refractivity contribution >= 4 is 73.5 Å². The molecule has 1 N–H and O–H groups in total. The highest BCUT2D eigenvalue weighted by Crippen LogP contribution is 2.20. The third-order valence-electron chi connectivity index (χ3n) is 4.07. The predicted octanol–water partition coefficient (Wildman–Crippen LogP) is 2.31. The molecule has 0 spiro atoms. The Morgan fingerprint density at radius 1 is 1.24 bits per heavy atom. The highest BCUT2D eigenvalue weighted by Gasteiger charge is 2.15. The second-order valence-corrected chi connectivity index (χ2v) is 9.22. The SMILES string of the molecule is CCOC(=O)c1ccc2c(c1)sc(=NC(=O)CSCC(=O)Nc1nccs1)n2CC(=O)OC. The van der Waals surface area contributed by atoms with Crippen LogP contribution < -0.4 is 10.1 Å². The van der Waals surface area contributed by atoms with Crippen LogP contribution in [0.25, 0.3) is 10.2 Å². The second-order valence-electron chi connectivity index (χ2n) is 6.33. The largest absolute Gasteiger partial charge is 0.468 e. The molecule has 3 rings (SSSR count). The fourth-order valence-electron chi connectivity index (χ4n) is 2.66. The Balaban J connectivity index is 1.77.